The van der Waals surface area contributed by atoms with Crippen molar-refractivity contribution in [2.75, 3.05) is 46.8 Å². The zero-order valence-electron chi connectivity index (χ0n) is 20.8. The summed E-state index contributed by atoms with van der Waals surface area (Å²) >= 11 is 0. The summed E-state index contributed by atoms with van der Waals surface area (Å²) in [5, 5.41) is 8.44. The van der Waals surface area contributed by atoms with Crippen LogP contribution in [0.3, 0.4) is 0 Å². The first-order valence-electron chi connectivity index (χ1n) is 12.1. The van der Waals surface area contributed by atoms with Crippen molar-refractivity contribution in [2.24, 2.45) is 0 Å². The van der Waals surface area contributed by atoms with Gasteiger partial charge in [-0.3, -0.25) is 4.90 Å². The molecule has 1 aliphatic heterocycles. The highest BCUT2D eigenvalue weighted by Gasteiger charge is 2.18. The van der Waals surface area contributed by atoms with Crippen molar-refractivity contribution in [1.29, 1.82) is 0 Å². The SMILES string of the molecule is CCc1nn2c(C)cc(C)nc2c1Cc1ccc(/C=C/CN2CCNC(CN(C)C)C2)cc1. The Kier molecular flexibility index (Phi) is 7.58. The average Bonchev–Trinajstić information content (AvgIpc) is 3.12. The van der Waals surface area contributed by atoms with E-state index in [9.17, 15) is 0 Å². The van der Waals surface area contributed by atoms with Crippen molar-refractivity contribution in [3.63, 3.8) is 0 Å². The summed E-state index contributed by atoms with van der Waals surface area (Å²) in [5.74, 6) is 0. The van der Waals surface area contributed by atoms with Gasteiger partial charge in [0, 0.05) is 62.1 Å². The molecule has 1 fully saturated rings. The summed E-state index contributed by atoms with van der Waals surface area (Å²) < 4.78 is 2.00. The molecular formula is C27H38N6. The number of benzene rings is 1. The Hall–Kier alpha value is -2.54. The molecule has 0 spiro atoms. The van der Waals surface area contributed by atoms with Crippen LogP contribution in [-0.4, -0.2) is 77.3 Å². The first-order chi connectivity index (χ1) is 15.9. The topological polar surface area (TPSA) is 48.7 Å². The van der Waals surface area contributed by atoms with E-state index in [1.807, 2.05) is 4.52 Å². The van der Waals surface area contributed by atoms with Crippen LogP contribution in [0.25, 0.3) is 11.7 Å². The number of nitrogens with zero attached hydrogens (tertiary/aromatic N) is 5. The summed E-state index contributed by atoms with van der Waals surface area (Å²) in [5.41, 5.74) is 8.11. The first kappa shape index (κ1) is 23.6. The van der Waals surface area contributed by atoms with Crippen LogP contribution in [0.15, 0.2) is 36.4 Å². The van der Waals surface area contributed by atoms with E-state index in [4.69, 9.17) is 10.1 Å². The van der Waals surface area contributed by atoms with Gasteiger partial charge in [-0.25, -0.2) is 9.50 Å². The molecule has 1 N–H and O–H groups in total. The number of aryl methyl sites for hydroxylation is 3. The normalized spacial score (nSPS) is 17.6. The third-order valence-electron chi connectivity index (χ3n) is 6.37. The number of likely N-dealkylation sites (N-methyl/N-ethyl adjacent to an activating group) is 1. The van der Waals surface area contributed by atoms with E-state index in [1.54, 1.807) is 0 Å². The van der Waals surface area contributed by atoms with E-state index in [2.05, 4.69) is 92.5 Å². The van der Waals surface area contributed by atoms with Crippen molar-refractivity contribution in [3.8, 4) is 0 Å². The van der Waals surface area contributed by atoms with Gasteiger partial charge < -0.3 is 10.2 Å². The van der Waals surface area contributed by atoms with Crippen molar-refractivity contribution >= 4 is 11.7 Å². The lowest BCUT2D eigenvalue weighted by atomic mass is 10.0. The Labute approximate surface area is 198 Å². The molecule has 3 aromatic rings. The van der Waals surface area contributed by atoms with Crippen LogP contribution < -0.4 is 5.32 Å². The summed E-state index contributed by atoms with van der Waals surface area (Å²) in [6.45, 7) is 11.7. The highest BCUT2D eigenvalue weighted by atomic mass is 15.3. The minimum Gasteiger partial charge on any atom is -0.310 e. The van der Waals surface area contributed by atoms with Crippen LogP contribution in [-0.2, 0) is 12.8 Å². The monoisotopic (exact) mass is 446 g/mol. The van der Waals surface area contributed by atoms with Crippen LogP contribution in [0.1, 0.15) is 40.7 Å². The molecule has 2 aromatic heterocycles. The molecule has 1 saturated heterocycles. The Bertz CT molecular complexity index is 1100. The average molecular weight is 447 g/mol. The van der Waals surface area contributed by atoms with Crippen molar-refractivity contribution in [1.82, 2.24) is 29.7 Å². The smallest absolute Gasteiger partial charge is 0.159 e. The zero-order valence-corrected chi connectivity index (χ0v) is 20.8. The van der Waals surface area contributed by atoms with Crippen molar-refractivity contribution in [3.05, 3.63) is 70.2 Å². The van der Waals surface area contributed by atoms with E-state index >= 15 is 0 Å². The van der Waals surface area contributed by atoms with Gasteiger partial charge in [0.2, 0.25) is 0 Å². The lowest BCUT2D eigenvalue weighted by Crippen LogP contribution is -2.54. The fourth-order valence-corrected chi connectivity index (χ4v) is 4.79. The maximum absolute atomic E-state index is 4.82. The number of fused-ring (bicyclic) bond motifs is 1. The molecule has 3 heterocycles. The number of nitrogens with one attached hydrogen (secondary N) is 1. The van der Waals surface area contributed by atoms with Gasteiger partial charge in [-0.05, 0) is 51.6 Å². The second-order valence-electron chi connectivity index (χ2n) is 9.55. The minimum absolute atomic E-state index is 0.552. The summed E-state index contributed by atoms with van der Waals surface area (Å²) in [6.07, 6.45) is 6.32. The molecule has 1 unspecified atom stereocenters. The molecule has 4 rings (SSSR count). The maximum atomic E-state index is 4.82. The standard InChI is InChI=1S/C27H38N6/c1-6-26-25(27-29-20(2)16-21(3)33(27)30-26)17-23-11-9-22(10-12-23)8-7-14-32-15-13-28-24(19-32)18-31(4)5/h7-12,16,24,28H,6,13-15,17-19H2,1-5H3/b8-7+. The second-order valence-corrected chi connectivity index (χ2v) is 9.55. The highest BCUT2D eigenvalue weighted by Crippen LogP contribution is 2.21. The molecule has 0 saturated carbocycles. The molecule has 0 radical (unpaired) electrons. The molecule has 1 aromatic carbocycles. The van der Waals surface area contributed by atoms with Gasteiger partial charge in [0.05, 0.1) is 5.69 Å². The van der Waals surface area contributed by atoms with Gasteiger partial charge in [-0.1, -0.05) is 43.3 Å². The first-order valence-corrected chi connectivity index (χ1v) is 12.1. The predicted molar refractivity (Wildman–Crippen MR) is 137 cm³/mol. The van der Waals surface area contributed by atoms with Crippen molar-refractivity contribution < 1.29 is 0 Å². The van der Waals surface area contributed by atoms with Crippen LogP contribution in [0.4, 0.5) is 0 Å². The summed E-state index contributed by atoms with van der Waals surface area (Å²) in [7, 11) is 4.28. The highest BCUT2D eigenvalue weighted by molar-refractivity contribution is 5.55. The van der Waals surface area contributed by atoms with Crippen LogP contribution >= 0.6 is 0 Å². The number of hydrogen-bond donors (Lipinski definition) is 1. The van der Waals surface area contributed by atoms with Crippen LogP contribution in [0, 0.1) is 13.8 Å². The number of aromatic nitrogens is 3. The Morgan fingerprint density at radius 1 is 1.18 bits per heavy atom. The third-order valence-corrected chi connectivity index (χ3v) is 6.37. The maximum Gasteiger partial charge on any atom is 0.159 e. The largest absolute Gasteiger partial charge is 0.310 e. The van der Waals surface area contributed by atoms with Gasteiger partial charge in [0.1, 0.15) is 0 Å². The Morgan fingerprint density at radius 2 is 1.97 bits per heavy atom. The van der Waals surface area contributed by atoms with E-state index < -0.39 is 0 Å². The quantitative estimate of drug-likeness (QED) is 0.575. The van der Waals surface area contributed by atoms with Crippen molar-refractivity contribution in [2.45, 2.75) is 39.7 Å². The molecule has 0 amide bonds. The Balaban J connectivity index is 1.40. The molecule has 1 atom stereocenters. The van der Waals surface area contributed by atoms with Gasteiger partial charge >= 0.3 is 0 Å². The lowest BCUT2D eigenvalue weighted by molar-refractivity contribution is 0.192. The molecular weight excluding hydrogens is 408 g/mol. The van der Waals surface area contributed by atoms with Gasteiger partial charge in [-0.15, -0.1) is 0 Å². The summed E-state index contributed by atoms with van der Waals surface area (Å²) in [4.78, 5) is 9.59. The fourth-order valence-electron chi connectivity index (χ4n) is 4.79. The predicted octanol–water partition coefficient (Wildman–Crippen LogP) is 3.35. The zero-order chi connectivity index (χ0) is 23.4. The second kappa shape index (κ2) is 10.6. The minimum atomic E-state index is 0.552. The molecule has 33 heavy (non-hydrogen) atoms. The van der Waals surface area contributed by atoms with Gasteiger partial charge in [0.15, 0.2) is 5.65 Å². The number of hydrogen-bond acceptors (Lipinski definition) is 5. The van der Waals surface area contributed by atoms with Crippen LogP contribution in [0.5, 0.6) is 0 Å². The van der Waals surface area contributed by atoms with E-state index in [0.717, 1.165) is 68.3 Å². The van der Waals surface area contributed by atoms with E-state index in [0.29, 0.717) is 6.04 Å². The molecule has 0 bridgehead atoms. The van der Waals surface area contributed by atoms with E-state index in [-0.39, 0.29) is 0 Å². The summed E-state index contributed by atoms with van der Waals surface area (Å²) in [6, 6.07) is 11.6. The number of piperazine rings is 1. The fraction of sp³-hybridized carbons (Fsp3) is 0.481. The Morgan fingerprint density at radius 3 is 2.70 bits per heavy atom. The van der Waals surface area contributed by atoms with Gasteiger partial charge in [0.25, 0.3) is 0 Å². The molecule has 6 nitrogen and oxygen atoms in total. The molecule has 1 aliphatic rings. The molecule has 0 aliphatic carbocycles. The third kappa shape index (κ3) is 5.88. The molecule has 6 heteroatoms. The van der Waals surface area contributed by atoms with Gasteiger partial charge in [-0.2, -0.15) is 5.10 Å². The lowest BCUT2D eigenvalue weighted by Gasteiger charge is -2.34. The number of rotatable bonds is 8. The van der Waals surface area contributed by atoms with Crippen LogP contribution in [0.2, 0.25) is 0 Å². The van der Waals surface area contributed by atoms with E-state index in [1.165, 1.54) is 16.7 Å². The molecule has 176 valence electrons.